The minimum atomic E-state index is -0.242. The quantitative estimate of drug-likeness (QED) is 0.751. The molecule has 1 aromatic heterocycles. The van der Waals surface area contributed by atoms with E-state index in [0.717, 1.165) is 0 Å². The van der Waals surface area contributed by atoms with Crippen LogP contribution >= 0.6 is 23.2 Å². The van der Waals surface area contributed by atoms with Crippen LogP contribution in [0.2, 0.25) is 10.0 Å². The van der Waals surface area contributed by atoms with Crippen LogP contribution in [-0.2, 0) is 4.74 Å². The van der Waals surface area contributed by atoms with Crippen LogP contribution in [0.4, 0.5) is 0 Å². The van der Waals surface area contributed by atoms with Crippen molar-refractivity contribution in [3.05, 3.63) is 28.0 Å². The summed E-state index contributed by atoms with van der Waals surface area (Å²) in [5.41, 5.74) is 0.199. The summed E-state index contributed by atoms with van der Waals surface area (Å²) >= 11 is 11.4. The highest BCUT2D eigenvalue weighted by Crippen LogP contribution is 2.18. The van der Waals surface area contributed by atoms with Crippen LogP contribution in [0.25, 0.3) is 0 Å². The molecule has 0 bridgehead atoms. The second-order valence-electron chi connectivity index (χ2n) is 2.54. The third-order valence-corrected chi connectivity index (χ3v) is 2.00. The van der Waals surface area contributed by atoms with Gasteiger partial charge in [0, 0.05) is 12.8 Å². The van der Waals surface area contributed by atoms with Gasteiger partial charge >= 0.3 is 0 Å². The highest BCUT2D eigenvalue weighted by molar-refractivity contribution is 6.36. The third kappa shape index (κ3) is 2.94. The molecule has 14 heavy (non-hydrogen) atoms. The van der Waals surface area contributed by atoms with Gasteiger partial charge in [-0.05, 0) is 13.0 Å². The zero-order valence-electron chi connectivity index (χ0n) is 7.59. The molecule has 1 heterocycles. The maximum atomic E-state index is 11.4. The molecule has 0 fully saturated rings. The van der Waals surface area contributed by atoms with Gasteiger partial charge in [-0.25, -0.2) is 4.98 Å². The van der Waals surface area contributed by atoms with E-state index in [1.807, 2.05) is 6.92 Å². The number of ether oxygens (including phenoxy) is 1. The number of Topliss-reactive ketones (excluding diaryl/α,β-unsaturated/α-hetero) is 1. The Kier molecular flexibility index (Phi) is 4.32. The molecule has 0 saturated heterocycles. The van der Waals surface area contributed by atoms with Crippen molar-refractivity contribution < 1.29 is 9.53 Å². The van der Waals surface area contributed by atoms with E-state index in [1.165, 1.54) is 12.3 Å². The molecule has 0 spiro atoms. The predicted octanol–water partition coefficient (Wildman–Crippen LogP) is 2.61. The first kappa shape index (κ1) is 11.4. The summed E-state index contributed by atoms with van der Waals surface area (Å²) in [6, 6.07) is 1.48. The average Bonchev–Trinajstić information content (AvgIpc) is 2.14. The number of carbonyl (C=O) groups excluding carboxylic acids is 1. The number of rotatable bonds is 4. The summed E-state index contributed by atoms with van der Waals surface area (Å²) in [5.74, 6) is -0.242. The Labute approximate surface area is 92.0 Å². The molecule has 0 atom stereocenters. The van der Waals surface area contributed by atoms with Crippen LogP contribution in [0.5, 0.6) is 0 Å². The van der Waals surface area contributed by atoms with Gasteiger partial charge in [0.1, 0.15) is 12.3 Å². The summed E-state index contributed by atoms with van der Waals surface area (Å²) in [5, 5.41) is 0.658. The monoisotopic (exact) mass is 233 g/mol. The normalized spacial score (nSPS) is 10.2. The highest BCUT2D eigenvalue weighted by atomic mass is 35.5. The van der Waals surface area contributed by atoms with E-state index < -0.39 is 0 Å². The second kappa shape index (κ2) is 5.29. The predicted molar refractivity (Wildman–Crippen MR) is 55.1 cm³/mol. The molecule has 76 valence electrons. The van der Waals surface area contributed by atoms with E-state index in [4.69, 9.17) is 27.9 Å². The summed E-state index contributed by atoms with van der Waals surface area (Å²) in [7, 11) is 0. The first-order valence-corrected chi connectivity index (χ1v) is 4.82. The van der Waals surface area contributed by atoms with Crippen LogP contribution in [0.3, 0.4) is 0 Å². The standard InChI is InChI=1S/C9H9Cl2NO2/c1-2-14-5-8(13)9-7(11)3-6(10)4-12-9/h3-4H,2,5H2,1H3. The highest BCUT2D eigenvalue weighted by Gasteiger charge is 2.12. The Bertz CT molecular complexity index is 342. The Morgan fingerprint density at radius 1 is 1.57 bits per heavy atom. The number of carbonyl (C=O) groups is 1. The van der Waals surface area contributed by atoms with E-state index in [0.29, 0.717) is 11.6 Å². The zero-order valence-corrected chi connectivity index (χ0v) is 9.10. The molecular formula is C9H9Cl2NO2. The molecule has 0 unspecified atom stereocenters. The van der Waals surface area contributed by atoms with Crippen molar-refractivity contribution >= 4 is 29.0 Å². The fourth-order valence-corrected chi connectivity index (χ4v) is 1.37. The lowest BCUT2D eigenvalue weighted by molar-refractivity contribution is 0.0778. The van der Waals surface area contributed by atoms with Gasteiger partial charge in [0.15, 0.2) is 0 Å². The maximum Gasteiger partial charge on any atom is 0.208 e. The third-order valence-electron chi connectivity index (χ3n) is 1.51. The summed E-state index contributed by atoms with van der Waals surface area (Å²) in [4.78, 5) is 15.3. The number of ketones is 1. The lowest BCUT2D eigenvalue weighted by Gasteiger charge is -2.02. The van der Waals surface area contributed by atoms with Crippen molar-refractivity contribution in [1.29, 1.82) is 0 Å². The Morgan fingerprint density at radius 3 is 2.86 bits per heavy atom. The van der Waals surface area contributed by atoms with E-state index in [9.17, 15) is 4.79 Å². The van der Waals surface area contributed by atoms with Gasteiger partial charge in [-0.2, -0.15) is 0 Å². The van der Waals surface area contributed by atoms with Gasteiger partial charge in [0.05, 0.1) is 10.0 Å². The molecule has 0 saturated carbocycles. The van der Waals surface area contributed by atoms with Crippen LogP contribution < -0.4 is 0 Å². The fourth-order valence-electron chi connectivity index (χ4n) is 0.883. The number of aromatic nitrogens is 1. The fraction of sp³-hybridized carbons (Fsp3) is 0.333. The van der Waals surface area contributed by atoms with Crippen LogP contribution in [0.15, 0.2) is 12.3 Å². The first-order valence-electron chi connectivity index (χ1n) is 4.07. The van der Waals surface area contributed by atoms with Gasteiger partial charge < -0.3 is 4.74 Å². The molecule has 0 amide bonds. The van der Waals surface area contributed by atoms with E-state index in [2.05, 4.69) is 4.98 Å². The first-order chi connectivity index (χ1) is 6.65. The van der Waals surface area contributed by atoms with Crippen LogP contribution in [0.1, 0.15) is 17.4 Å². The molecule has 0 aromatic carbocycles. The van der Waals surface area contributed by atoms with Crippen LogP contribution in [0, 0.1) is 0 Å². The zero-order chi connectivity index (χ0) is 10.6. The van der Waals surface area contributed by atoms with Crippen molar-refractivity contribution in [3.63, 3.8) is 0 Å². The number of nitrogens with zero attached hydrogens (tertiary/aromatic N) is 1. The van der Waals surface area contributed by atoms with Gasteiger partial charge in [-0.1, -0.05) is 23.2 Å². The second-order valence-corrected chi connectivity index (χ2v) is 3.39. The summed E-state index contributed by atoms with van der Waals surface area (Å²) in [6.45, 7) is 2.28. The van der Waals surface area contributed by atoms with Crippen molar-refractivity contribution in [1.82, 2.24) is 4.98 Å². The molecular weight excluding hydrogens is 225 g/mol. The van der Waals surface area contributed by atoms with Crippen molar-refractivity contribution in [2.45, 2.75) is 6.92 Å². The lowest BCUT2D eigenvalue weighted by atomic mass is 10.2. The lowest BCUT2D eigenvalue weighted by Crippen LogP contribution is -2.11. The van der Waals surface area contributed by atoms with Gasteiger partial charge in [-0.3, -0.25) is 4.79 Å². The minimum Gasteiger partial charge on any atom is -0.374 e. The SMILES string of the molecule is CCOCC(=O)c1ncc(Cl)cc1Cl. The van der Waals surface area contributed by atoms with Crippen molar-refractivity contribution in [3.8, 4) is 0 Å². The molecule has 5 heteroatoms. The van der Waals surface area contributed by atoms with Crippen molar-refractivity contribution in [2.24, 2.45) is 0 Å². The number of hydrogen-bond acceptors (Lipinski definition) is 3. The Balaban J connectivity index is 2.80. The van der Waals surface area contributed by atoms with Crippen LogP contribution in [-0.4, -0.2) is 24.0 Å². The van der Waals surface area contributed by atoms with Gasteiger partial charge in [0.2, 0.25) is 5.78 Å². The summed E-state index contributed by atoms with van der Waals surface area (Å²) in [6.07, 6.45) is 1.38. The summed E-state index contributed by atoms with van der Waals surface area (Å²) < 4.78 is 4.95. The van der Waals surface area contributed by atoms with E-state index in [-0.39, 0.29) is 23.1 Å². The molecule has 0 radical (unpaired) electrons. The molecule has 0 aliphatic heterocycles. The molecule has 0 aliphatic carbocycles. The largest absolute Gasteiger partial charge is 0.374 e. The molecule has 0 aliphatic rings. The molecule has 1 rings (SSSR count). The smallest absolute Gasteiger partial charge is 0.208 e. The molecule has 3 nitrogen and oxygen atoms in total. The van der Waals surface area contributed by atoms with Gasteiger partial charge in [-0.15, -0.1) is 0 Å². The van der Waals surface area contributed by atoms with E-state index >= 15 is 0 Å². The Hall–Kier alpha value is -0.640. The van der Waals surface area contributed by atoms with E-state index in [1.54, 1.807) is 0 Å². The Morgan fingerprint density at radius 2 is 2.29 bits per heavy atom. The van der Waals surface area contributed by atoms with Crippen molar-refractivity contribution in [2.75, 3.05) is 13.2 Å². The topological polar surface area (TPSA) is 39.2 Å². The molecule has 0 N–H and O–H groups in total. The molecule has 1 aromatic rings. The maximum absolute atomic E-state index is 11.4. The minimum absolute atomic E-state index is 0.00908. The van der Waals surface area contributed by atoms with Gasteiger partial charge in [0.25, 0.3) is 0 Å². The number of pyridine rings is 1. The number of halogens is 2. The number of hydrogen-bond donors (Lipinski definition) is 0. The average molecular weight is 234 g/mol.